The number of quaternary nitrogens is 1. The number of amides is 4. The molecule has 280 valence electrons. The second-order valence-electron chi connectivity index (χ2n) is 14.9. The molecule has 0 bridgehead atoms. The Labute approximate surface area is 286 Å². The molecule has 0 aromatic rings. The molecule has 1 aliphatic rings. The number of nitrogens with two attached hydrogens (primary N) is 1. The van der Waals surface area contributed by atoms with Gasteiger partial charge in [0.2, 0.25) is 23.4 Å². The standard InChI is InChI=1S/C33H64N6O9/c1-11-47-33(7,8)39(9,10)38-30(45)32(5,6)21-31(3,4)29(44)35-18-14-12-13-15-19-46-28-25(37-22(2)40)27(43)26(42)23(48-28)20-36-24(41)16-17-34/h23,25-28,42-43H,11-21,34H2,1-10H3,(H3-,35,36,37,38,40,41,44,45)/p+1. The minimum absolute atomic E-state index is 0.0543. The summed E-state index contributed by atoms with van der Waals surface area (Å²) in [5.74, 6) is -1.01. The molecule has 1 rings (SSSR count). The highest BCUT2D eigenvalue weighted by Crippen LogP contribution is 2.35. The number of aliphatic hydroxyl groups is 2. The largest absolute Gasteiger partial charge is 0.388 e. The van der Waals surface area contributed by atoms with E-state index in [1.165, 1.54) is 6.92 Å². The van der Waals surface area contributed by atoms with Crippen LogP contribution in [0.4, 0.5) is 0 Å². The van der Waals surface area contributed by atoms with E-state index in [9.17, 15) is 29.4 Å². The number of rotatable bonds is 21. The van der Waals surface area contributed by atoms with Crippen molar-refractivity contribution in [3.8, 4) is 0 Å². The van der Waals surface area contributed by atoms with E-state index < -0.39 is 53.1 Å². The highest BCUT2D eigenvalue weighted by Gasteiger charge is 2.46. The first kappa shape index (κ1) is 43.6. The highest BCUT2D eigenvalue weighted by molar-refractivity contribution is 5.85. The van der Waals surface area contributed by atoms with Crippen molar-refractivity contribution in [1.82, 2.24) is 21.4 Å². The molecule has 0 saturated carbocycles. The minimum Gasteiger partial charge on any atom is -0.388 e. The van der Waals surface area contributed by atoms with Gasteiger partial charge in [0.1, 0.15) is 24.4 Å². The number of unbranched alkanes of at least 4 members (excludes halogenated alkanes) is 3. The van der Waals surface area contributed by atoms with Crippen LogP contribution in [0.1, 0.15) is 93.9 Å². The minimum atomic E-state index is -1.37. The molecule has 48 heavy (non-hydrogen) atoms. The summed E-state index contributed by atoms with van der Waals surface area (Å²) in [6.45, 7) is 15.8. The number of hydrogen-bond donors (Lipinski definition) is 7. The third-order valence-corrected chi connectivity index (χ3v) is 8.92. The summed E-state index contributed by atoms with van der Waals surface area (Å²) in [7, 11) is 3.75. The van der Waals surface area contributed by atoms with Crippen LogP contribution in [-0.4, -0.2) is 122 Å². The van der Waals surface area contributed by atoms with E-state index in [0.717, 1.165) is 19.3 Å². The van der Waals surface area contributed by atoms with E-state index in [2.05, 4.69) is 21.4 Å². The third-order valence-electron chi connectivity index (χ3n) is 8.92. The molecule has 5 unspecified atom stereocenters. The van der Waals surface area contributed by atoms with E-state index in [4.69, 9.17) is 19.9 Å². The monoisotopic (exact) mass is 689 g/mol. The number of hydrogen-bond acceptors (Lipinski definition) is 10. The maximum Gasteiger partial charge on any atom is 0.270 e. The van der Waals surface area contributed by atoms with Crippen molar-refractivity contribution in [2.45, 2.75) is 130 Å². The maximum atomic E-state index is 13.3. The Morgan fingerprint density at radius 3 is 2.08 bits per heavy atom. The predicted octanol–water partition coefficient (Wildman–Crippen LogP) is 0.419. The van der Waals surface area contributed by atoms with Crippen LogP contribution in [0.2, 0.25) is 0 Å². The third kappa shape index (κ3) is 13.5. The molecule has 1 saturated heterocycles. The lowest BCUT2D eigenvalue weighted by Crippen LogP contribution is -2.68. The van der Waals surface area contributed by atoms with Gasteiger partial charge in [-0.15, -0.1) is 0 Å². The fourth-order valence-electron chi connectivity index (χ4n) is 5.61. The van der Waals surface area contributed by atoms with Crippen LogP contribution in [0.5, 0.6) is 0 Å². The Hall–Kier alpha value is -2.40. The molecule has 0 aromatic carbocycles. The lowest BCUT2D eigenvalue weighted by atomic mass is 9.74. The lowest BCUT2D eigenvalue weighted by molar-refractivity contribution is -0.994. The fourth-order valence-corrected chi connectivity index (χ4v) is 5.61. The van der Waals surface area contributed by atoms with Gasteiger partial charge in [-0.25, -0.2) is 0 Å². The molecule has 5 atom stereocenters. The number of nitrogens with zero attached hydrogens (tertiary/aromatic N) is 1. The van der Waals surface area contributed by atoms with Gasteiger partial charge in [0.25, 0.3) is 5.91 Å². The number of nitrogens with one attached hydrogen (secondary N) is 4. The van der Waals surface area contributed by atoms with Crippen LogP contribution in [0.25, 0.3) is 0 Å². The van der Waals surface area contributed by atoms with Crippen molar-refractivity contribution >= 4 is 23.6 Å². The Balaban J connectivity index is 2.54. The summed E-state index contributed by atoms with van der Waals surface area (Å²) in [6.07, 6.45) is -1.22. The van der Waals surface area contributed by atoms with Gasteiger partial charge in [0, 0.05) is 64.3 Å². The van der Waals surface area contributed by atoms with Crippen molar-refractivity contribution < 1.29 is 48.2 Å². The second kappa shape index (κ2) is 19.1. The average molecular weight is 690 g/mol. The maximum absolute atomic E-state index is 13.3. The van der Waals surface area contributed by atoms with Crippen LogP contribution in [0.15, 0.2) is 0 Å². The summed E-state index contributed by atoms with van der Waals surface area (Å²) < 4.78 is 17.7. The number of carbonyl (C=O) groups excluding carboxylic acids is 4. The summed E-state index contributed by atoms with van der Waals surface area (Å²) in [5, 5.41) is 29.4. The van der Waals surface area contributed by atoms with E-state index in [1.54, 1.807) is 0 Å². The molecule has 1 heterocycles. The zero-order valence-electron chi connectivity index (χ0n) is 30.9. The van der Waals surface area contributed by atoms with E-state index in [-0.39, 0.29) is 48.4 Å². The van der Waals surface area contributed by atoms with Crippen molar-refractivity contribution in [3.05, 3.63) is 0 Å². The summed E-state index contributed by atoms with van der Waals surface area (Å²) in [5.41, 5.74) is 6.23. The van der Waals surface area contributed by atoms with Crippen LogP contribution in [0, 0.1) is 10.8 Å². The Bertz CT molecular complexity index is 1050. The van der Waals surface area contributed by atoms with Gasteiger partial charge in [-0.3, -0.25) is 19.2 Å². The summed E-state index contributed by atoms with van der Waals surface area (Å²) >= 11 is 0. The molecule has 0 spiro atoms. The zero-order valence-corrected chi connectivity index (χ0v) is 30.9. The second-order valence-corrected chi connectivity index (χ2v) is 14.9. The lowest BCUT2D eigenvalue weighted by Gasteiger charge is -2.44. The van der Waals surface area contributed by atoms with Gasteiger partial charge in [-0.05, 0) is 26.2 Å². The first-order valence-electron chi connectivity index (χ1n) is 17.1. The highest BCUT2D eigenvalue weighted by atomic mass is 16.7. The van der Waals surface area contributed by atoms with Crippen molar-refractivity contribution in [2.75, 3.05) is 46.9 Å². The van der Waals surface area contributed by atoms with Crippen molar-refractivity contribution in [1.29, 1.82) is 0 Å². The van der Waals surface area contributed by atoms with E-state index in [1.807, 2.05) is 62.6 Å². The first-order chi connectivity index (χ1) is 22.1. The van der Waals surface area contributed by atoms with E-state index >= 15 is 0 Å². The van der Waals surface area contributed by atoms with Crippen molar-refractivity contribution in [2.24, 2.45) is 16.6 Å². The summed E-state index contributed by atoms with van der Waals surface area (Å²) in [4.78, 5) is 50.0. The smallest absolute Gasteiger partial charge is 0.270 e. The van der Waals surface area contributed by atoms with Crippen LogP contribution in [-0.2, 0) is 33.4 Å². The zero-order chi connectivity index (χ0) is 36.9. The molecular formula is C33H65N6O9+. The molecule has 0 aliphatic carbocycles. The van der Waals surface area contributed by atoms with Gasteiger partial charge < -0.3 is 46.1 Å². The van der Waals surface area contributed by atoms with Crippen LogP contribution in [0.3, 0.4) is 0 Å². The Kier molecular flexibility index (Phi) is 17.4. The fraction of sp³-hybridized carbons (Fsp3) is 0.879. The molecule has 15 nitrogen and oxygen atoms in total. The van der Waals surface area contributed by atoms with Gasteiger partial charge in [0.05, 0.1) is 20.7 Å². The molecule has 1 fully saturated rings. The number of ether oxygens (including phenoxy) is 3. The molecule has 0 aromatic heterocycles. The summed E-state index contributed by atoms with van der Waals surface area (Å²) in [6, 6.07) is -0.990. The topological polar surface area (TPSA) is 211 Å². The SMILES string of the molecule is CCOC(C)(C)[N+](C)(C)NC(=O)C(C)(C)CC(C)(C)C(=O)NCCCCCCOC1OC(CNC(=O)CCN)C(O)C(O)C1NC(C)=O. The normalized spacial score (nSPS) is 22.1. The van der Waals surface area contributed by atoms with Crippen molar-refractivity contribution in [3.63, 3.8) is 0 Å². The number of aliphatic hydroxyl groups excluding tert-OH is 2. The Morgan fingerprint density at radius 2 is 1.50 bits per heavy atom. The first-order valence-corrected chi connectivity index (χ1v) is 17.1. The molecule has 8 N–H and O–H groups in total. The average Bonchev–Trinajstić information content (AvgIpc) is 2.96. The van der Waals surface area contributed by atoms with E-state index in [0.29, 0.717) is 26.0 Å². The molecular weight excluding hydrogens is 624 g/mol. The van der Waals surface area contributed by atoms with Crippen LogP contribution < -0.4 is 27.1 Å². The predicted molar refractivity (Wildman–Crippen MR) is 181 cm³/mol. The van der Waals surface area contributed by atoms with Gasteiger partial charge in [0.15, 0.2) is 6.29 Å². The van der Waals surface area contributed by atoms with Gasteiger partial charge in [-0.1, -0.05) is 40.5 Å². The Morgan fingerprint density at radius 1 is 0.896 bits per heavy atom. The molecule has 0 radical (unpaired) electrons. The van der Waals surface area contributed by atoms with Crippen LogP contribution >= 0.6 is 0 Å². The molecule has 1 aliphatic heterocycles. The molecule has 4 amide bonds. The molecule has 15 heteroatoms. The number of carbonyl (C=O) groups is 4. The quantitative estimate of drug-likeness (QED) is 0.0382. The van der Waals surface area contributed by atoms with Gasteiger partial charge >= 0.3 is 0 Å². The van der Waals surface area contributed by atoms with Gasteiger partial charge in [-0.2, -0.15) is 10.0 Å².